The van der Waals surface area contributed by atoms with Crippen LogP contribution in [0.25, 0.3) is 0 Å². The molecular weight excluding hydrogens is 482 g/mol. The lowest BCUT2D eigenvalue weighted by molar-refractivity contribution is -0.161. The van der Waals surface area contributed by atoms with Gasteiger partial charge in [-0.25, -0.2) is 4.79 Å². The van der Waals surface area contributed by atoms with E-state index in [1.54, 1.807) is 38.5 Å². The van der Waals surface area contributed by atoms with Crippen LogP contribution in [0.5, 0.6) is 17.2 Å². The normalized spacial score (nSPS) is 29.0. The number of fused-ring (bicyclic) bond motifs is 1. The summed E-state index contributed by atoms with van der Waals surface area (Å²) in [7, 11) is 4.65. The minimum atomic E-state index is -0.383. The van der Waals surface area contributed by atoms with Gasteiger partial charge in [-0.2, -0.15) is 0 Å². The van der Waals surface area contributed by atoms with Gasteiger partial charge < -0.3 is 23.8 Å². The zero-order valence-electron chi connectivity index (χ0n) is 22.5. The first-order valence-corrected chi connectivity index (χ1v) is 13.8. The summed E-state index contributed by atoms with van der Waals surface area (Å²) in [6.07, 6.45) is 7.81. The van der Waals surface area contributed by atoms with E-state index in [4.69, 9.17) is 18.9 Å². The smallest absolute Gasteiger partial charge is 0.337 e. The molecule has 4 bridgehead atoms. The number of methoxy groups -OCH3 is 3. The first-order valence-electron chi connectivity index (χ1n) is 13.8. The highest BCUT2D eigenvalue weighted by Gasteiger charge is 2.56. The minimum absolute atomic E-state index is 0.219. The lowest BCUT2D eigenvalue weighted by Crippen LogP contribution is -2.56. The second kappa shape index (κ2) is 9.83. The van der Waals surface area contributed by atoms with Gasteiger partial charge in [-0.05, 0) is 110 Å². The Morgan fingerprint density at radius 3 is 2.08 bits per heavy atom. The third-order valence-corrected chi connectivity index (χ3v) is 9.44. The molecule has 7 nitrogen and oxygen atoms in total. The maximum atomic E-state index is 14.5. The van der Waals surface area contributed by atoms with Gasteiger partial charge in [0.2, 0.25) is 5.91 Å². The van der Waals surface area contributed by atoms with Crippen molar-refractivity contribution in [1.82, 2.24) is 4.90 Å². The van der Waals surface area contributed by atoms with Crippen LogP contribution >= 0.6 is 0 Å². The molecule has 4 saturated carbocycles. The number of amides is 1. The molecule has 5 aliphatic rings. The summed E-state index contributed by atoms with van der Waals surface area (Å²) in [6, 6.07) is 10.8. The van der Waals surface area contributed by atoms with Crippen molar-refractivity contribution in [3.63, 3.8) is 0 Å². The van der Waals surface area contributed by atoms with Crippen molar-refractivity contribution >= 4 is 11.9 Å². The Hall–Kier alpha value is -3.22. The van der Waals surface area contributed by atoms with Crippen LogP contribution in [0.2, 0.25) is 0 Å². The molecule has 0 N–H and O–H groups in total. The average molecular weight is 520 g/mol. The van der Waals surface area contributed by atoms with Gasteiger partial charge in [0.15, 0.2) is 11.5 Å². The highest BCUT2D eigenvalue weighted by atomic mass is 16.5. The van der Waals surface area contributed by atoms with Gasteiger partial charge in [-0.3, -0.25) is 4.79 Å². The fourth-order valence-corrected chi connectivity index (χ4v) is 8.11. The molecule has 1 heterocycles. The molecule has 2 aromatic rings. The van der Waals surface area contributed by atoms with Crippen molar-refractivity contribution in [2.24, 2.45) is 23.2 Å². The highest BCUT2D eigenvalue weighted by Crippen LogP contribution is 2.61. The number of hydrogen-bond acceptors (Lipinski definition) is 6. The van der Waals surface area contributed by atoms with Gasteiger partial charge in [-0.1, -0.05) is 0 Å². The van der Waals surface area contributed by atoms with Crippen LogP contribution in [0.3, 0.4) is 0 Å². The number of nitrogens with zero attached hydrogens (tertiary/aromatic N) is 1. The summed E-state index contributed by atoms with van der Waals surface area (Å²) in [5.74, 6) is 4.04. The second-order valence-corrected chi connectivity index (χ2v) is 11.7. The summed E-state index contributed by atoms with van der Waals surface area (Å²) in [5.41, 5.74) is 2.46. The molecule has 2 aromatic carbocycles. The summed E-state index contributed by atoms with van der Waals surface area (Å²) in [5, 5.41) is 0. The molecular formula is C31H37NO6. The largest absolute Gasteiger partial charge is 0.493 e. The SMILES string of the molecule is COC(=O)c1ccc(OCC2c3cc(OC)c(OC)cc3CCN2C(=O)C23CC4CC(CC(C4)C2)C3)cc1. The number of rotatable bonds is 7. The van der Waals surface area contributed by atoms with E-state index in [2.05, 4.69) is 4.90 Å². The third-order valence-electron chi connectivity index (χ3n) is 9.44. The second-order valence-electron chi connectivity index (χ2n) is 11.7. The first kappa shape index (κ1) is 25.1. The number of carbonyl (C=O) groups excluding carboxylic acids is 2. The number of esters is 1. The van der Waals surface area contributed by atoms with Crippen molar-refractivity contribution in [2.75, 3.05) is 34.5 Å². The summed E-state index contributed by atoms with van der Waals surface area (Å²) in [4.78, 5) is 28.4. The Kier molecular flexibility index (Phi) is 6.48. The van der Waals surface area contributed by atoms with Gasteiger partial charge in [-0.15, -0.1) is 0 Å². The molecule has 0 aromatic heterocycles. The Morgan fingerprint density at radius 1 is 0.895 bits per heavy atom. The predicted molar refractivity (Wildman–Crippen MR) is 142 cm³/mol. The molecule has 38 heavy (non-hydrogen) atoms. The number of hydrogen-bond donors (Lipinski definition) is 0. The molecule has 1 atom stereocenters. The van der Waals surface area contributed by atoms with E-state index in [1.165, 1.54) is 26.4 Å². The van der Waals surface area contributed by atoms with Gasteiger partial charge in [0, 0.05) is 6.54 Å². The lowest BCUT2D eigenvalue weighted by Gasteiger charge is -2.57. The lowest BCUT2D eigenvalue weighted by atomic mass is 9.49. The van der Waals surface area contributed by atoms with Crippen molar-refractivity contribution in [1.29, 1.82) is 0 Å². The Bertz CT molecular complexity index is 1190. The average Bonchev–Trinajstić information content (AvgIpc) is 2.93. The molecule has 0 saturated heterocycles. The molecule has 202 valence electrons. The first-order chi connectivity index (χ1) is 18.4. The predicted octanol–water partition coefficient (Wildman–Crippen LogP) is 5.21. The van der Waals surface area contributed by atoms with Crippen molar-refractivity contribution in [3.05, 3.63) is 53.1 Å². The van der Waals surface area contributed by atoms with Crippen LogP contribution in [-0.4, -0.2) is 51.3 Å². The Labute approximate surface area is 224 Å². The van der Waals surface area contributed by atoms with Crippen LogP contribution in [0.15, 0.2) is 36.4 Å². The van der Waals surface area contributed by atoms with Gasteiger partial charge in [0.05, 0.1) is 38.3 Å². The molecule has 7 rings (SSSR count). The minimum Gasteiger partial charge on any atom is -0.493 e. The maximum Gasteiger partial charge on any atom is 0.337 e. The Balaban J connectivity index is 1.31. The van der Waals surface area contributed by atoms with E-state index in [0.717, 1.165) is 36.8 Å². The van der Waals surface area contributed by atoms with Crippen molar-refractivity contribution in [3.8, 4) is 17.2 Å². The van der Waals surface area contributed by atoms with Crippen molar-refractivity contribution in [2.45, 2.75) is 51.0 Å². The quantitative estimate of drug-likeness (QED) is 0.468. The molecule has 0 spiro atoms. The highest BCUT2D eigenvalue weighted by molar-refractivity contribution is 5.89. The van der Waals surface area contributed by atoms with Crippen molar-refractivity contribution < 1.29 is 28.5 Å². The van der Waals surface area contributed by atoms with Gasteiger partial charge in [0.1, 0.15) is 12.4 Å². The van der Waals surface area contributed by atoms with Crippen LogP contribution in [-0.2, 0) is 16.0 Å². The number of carbonyl (C=O) groups is 2. The zero-order valence-corrected chi connectivity index (χ0v) is 22.5. The molecule has 7 heteroatoms. The van der Waals surface area contributed by atoms with Crippen LogP contribution < -0.4 is 14.2 Å². The molecule has 4 aliphatic carbocycles. The van der Waals surface area contributed by atoms with Gasteiger partial charge in [0.25, 0.3) is 0 Å². The summed E-state index contributed by atoms with van der Waals surface area (Å²) in [6.45, 7) is 0.983. The maximum absolute atomic E-state index is 14.5. The van der Waals surface area contributed by atoms with E-state index in [-0.39, 0.29) is 17.4 Å². The monoisotopic (exact) mass is 519 g/mol. The number of benzene rings is 2. The zero-order chi connectivity index (χ0) is 26.4. The van der Waals surface area contributed by atoms with E-state index in [1.807, 2.05) is 12.1 Å². The molecule has 1 unspecified atom stereocenters. The summed E-state index contributed by atoms with van der Waals surface area (Å²) < 4.78 is 22.3. The standard InChI is InChI=1S/C31H37NO6/c1-35-27-13-23-8-9-32(30(34)31-15-19-10-20(16-31)12-21(11-19)17-31)26(25(23)14-28(27)36-2)18-38-24-6-4-22(5-7-24)29(33)37-3/h4-7,13-14,19-21,26H,8-12,15-18H2,1-3H3. The summed E-state index contributed by atoms with van der Waals surface area (Å²) >= 11 is 0. The van der Waals surface area contributed by atoms with E-state index in [9.17, 15) is 9.59 Å². The van der Waals surface area contributed by atoms with Crippen LogP contribution in [0.1, 0.15) is 66.1 Å². The molecule has 0 radical (unpaired) electrons. The van der Waals surface area contributed by atoms with E-state index >= 15 is 0 Å². The van der Waals surface area contributed by atoms with E-state index < -0.39 is 0 Å². The van der Waals surface area contributed by atoms with Crippen LogP contribution in [0.4, 0.5) is 0 Å². The fraction of sp³-hybridized carbons (Fsp3) is 0.548. The molecule has 4 fully saturated rings. The third kappa shape index (κ3) is 4.30. The molecule has 1 amide bonds. The topological polar surface area (TPSA) is 74.3 Å². The fourth-order valence-electron chi connectivity index (χ4n) is 8.11. The van der Waals surface area contributed by atoms with Gasteiger partial charge >= 0.3 is 5.97 Å². The van der Waals surface area contributed by atoms with Crippen LogP contribution in [0, 0.1) is 23.2 Å². The number of ether oxygens (including phenoxy) is 4. The molecule has 1 aliphatic heterocycles. The van der Waals surface area contributed by atoms with E-state index in [0.29, 0.717) is 59.6 Å². The Morgan fingerprint density at radius 2 is 1.50 bits per heavy atom.